The zero-order valence-electron chi connectivity index (χ0n) is 9.36. The minimum absolute atomic E-state index is 0.111. The van der Waals surface area contributed by atoms with Gasteiger partial charge in [-0.3, -0.25) is 0 Å². The third-order valence-corrected chi connectivity index (χ3v) is 1.68. The Hall–Kier alpha value is -0.160. The summed E-state index contributed by atoms with van der Waals surface area (Å²) in [7, 11) is 0. The molecular weight excluding hydrogens is 184 g/mol. The van der Waals surface area contributed by atoms with Crippen LogP contribution in [-0.2, 0) is 18.9 Å². The Bertz CT molecular complexity index is 140. The Morgan fingerprint density at radius 1 is 0.857 bits per heavy atom. The predicted octanol–water partition coefficient (Wildman–Crippen LogP) is 1.54. The van der Waals surface area contributed by atoms with Gasteiger partial charge >= 0.3 is 0 Å². The maximum absolute atomic E-state index is 5.53. The average molecular weight is 204 g/mol. The van der Waals surface area contributed by atoms with Crippen LogP contribution in [0.1, 0.15) is 27.7 Å². The van der Waals surface area contributed by atoms with Gasteiger partial charge in [0, 0.05) is 0 Å². The van der Waals surface area contributed by atoms with Gasteiger partial charge in [-0.2, -0.15) is 0 Å². The van der Waals surface area contributed by atoms with Crippen molar-refractivity contribution < 1.29 is 18.9 Å². The zero-order chi connectivity index (χ0) is 10.6. The van der Waals surface area contributed by atoms with Crippen LogP contribution in [0.2, 0.25) is 0 Å². The van der Waals surface area contributed by atoms with E-state index in [1.54, 1.807) is 0 Å². The van der Waals surface area contributed by atoms with E-state index in [1.165, 1.54) is 0 Å². The van der Waals surface area contributed by atoms with Gasteiger partial charge in [-0.05, 0) is 27.7 Å². The standard InChI is InChI=1S/C10H20O4/c1-7(2)13-9-10(14-8(3)4)12-6-5-11-9/h7-10H,5-6H2,1-4H3/t9-,10-/m0/s1. The largest absolute Gasteiger partial charge is 0.346 e. The fourth-order valence-electron chi connectivity index (χ4n) is 1.23. The Labute approximate surface area is 85.5 Å². The summed E-state index contributed by atoms with van der Waals surface area (Å²) in [5.74, 6) is 0. The Morgan fingerprint density at radius 2 is 1.21 bits per heavy atom. The molecule has 0 aromatic carbocycles. The Balaban J connectivity index is 2.41. The highest BCUT2D eigenvalue weighted by Gasteiger charge is 2.29. The highest BCUT2D eigenvalue weighted by Crippen LogP contribution is 2.16. The van der Waals surface area contributed by atoms with Crippen molar-refractivity contribution in [2.24, 2.45) is 0 Å². The molecule has 0 spiro atoms. The summed E-state index contributed by atoms with van der Waals surface area (Å²) >= 11 is 0. The summed E-state index contributed by atoms with van der Waals surface area (Å²) in [4.78, 5) is 0. The van der Waals surface area contributed by atoms with Crippen LogP contribution in [0.15, 0.2) is 0 Å². The van der Waals surface area contributed by atoms with Crippen molar-refractivity contribution in [2.45, 2.75) is 52.5 Å². The lowest BCUT2D eigenvalue weighted by Crippen LogP contribution is -2.44. The van der Waals surface area contributed by atoms with Crippen LogP contribution in [-0.4, -0.2) is 38.0 Å². The van der Waals surface area contributed by atoms with Crippen molar-refractivity contribution in [2.75, 3.05) is 13.2 Å². The van der Waals surface area contributed by atoms with Crippen LogP contribution in [0.4, 0.5) is 0 Å². The maximum atomic E-state index is 5.53. The highest BCUT2D eigenvalue weighted by molar-refractivity contribution is 4.59. The van der Waals surface area contributed by atoms with Gasteiger partial charge in [-0.15, -0.1) is 0 Å². The zero-order valence-corrected chi connectivity index (χ0v) is 9.36. The summed E-state index contributed by atoms with van der Waals surface area (Å²) in [5.41, 5.74) is 0. The van der Waals surface area contributed by atoms with Crippen LogP contribution >= 0.6 is 0 Å². The minimum atomic E-state index is -0.397. The maximum Gasteiger partial charge on any atom is 0.209 e. The van der Waals surface area contributed by atoms with Crippen LogP contribution in [0.3, 0.4) is 0 Å². The SMILES string of the molecule is CC(C)O[C@@H]1OCCO[C@H]1OC(C)C. The Kier molecular flexibility index (Phi) is 4.81. The lowest BCUT2D eigenvalue weighted by Gasteiger charge is -2.33. The summed E-state index contributed by atoms with van der Waals surface area (Å²) in [6, 6.07) is 0. The van der Waals surface area contributed by atoms with E-state index < -0.39 is 12.6 Å². The fraction of sp³-hybridized carbons (Fsp3) is 1.00. The van der Waals surface area contributed by atoms with Gasteiger partial charge < -0.3 is 18.9 Å². The topological polar surface area (TPSA) is 36.9 Å². The molecule has 4 nitrogen and oxygen atoms in total. The molecule has 14 heavy (non-hydrogen) atoms. The van der Waals surface area contributed by atoms with Crippen LogP contribution < -0.4 is 0 Å². The van der Waals surface area contributed by atoms with Crippen molar-refractivity contribution in [3.8, 4) is 0 Å². The van der Waals surface area contributed by atoms with Gasteiger partial charge in [0.05, 0.1) is 25.4 Å². The van der Waals surface area contributed by atoms with Gasteiger partial charge in [0.2, 0.25) is 12.6 Å². The quantitative estimate of drug-likeness (QED) is 0.696. The van der Waals surface area contributed by atoms with Crippen molar-refractivity contribution in [1.82, 2.24) is 0 Å². The lowest BCUT2D eigenvalue weighted by molar-refractivity contribution is -0.334. The molecule has 2 atom stereocenters. The van der Waals surface area contributed by atoms with Gasteiger partial charge in [-0.25, -0.2) is 0 Å². The number of ether oxygens (including phenoxy) is 4. The molecule has 0 saturated carbocycles. The first kappa shape index (κ1) is 11.9. The summed E-state index contributed by atoms with van der Waals surface area (Å²) in [5, 5.41) is 0. The molecule has 0 unspecified atom stereocenters. The van der Waals surface area contributed by atoms with E-state index in [1.807, 2.05) is 27.7 Å². The molecular formula is C10H20O4. The van der Waals surface area contributed by atoms with Gasteiger partial charge in [0.15, 0.2) is 0 Å². The minimum Gasteiger partial charge on any atom is -0.346 e. The third kappa shape index (κ3) is 3.92. The highest BCUT2D eigenvalue weighted by atomic mass is 16.8. The molecule has 0 radical (unpaired) electrons. The fourth-order valence-corrected chi connectivity index (χ4v) is 1.23. The smallest absolute Gasteiger partial charge is 0.209 e. The summed E-state index contributed by atoms with van der Waals surface area (Å²) in [6.45, 7) is 8.98. The van der Waals surface area contributed by atoms with Gasteiger partial charge in [0.1, 0.15) is 0 Å². The molecule has 84 valence electrons. The Morgan fingerprint density at radius 3 is 1.50 bits per heavy atom. The van der Waals surface area contributed by atoms with E-state index in [0.717, 1.165) is 0 Å². The molecule has 4 heteroatoms. The van der Waals surface area contributed by atoms with Crippen molar-refractivity contribution >= 4 is 0 Å². The van der Waals surface area contributed by atoms with E-state index in [0.29, 0.717) is 13.2 Å². The van der Waals surface area contributed by atoms with Crippen molar-refractivity contribution in [3.63, 3.8) is 0 Å². The summed E-state index contributed by atoms with van der Waals surface area (Å²) < 4.78 is 21.9. The van der Waals surface area contributed by atoms with Gasteiger partial charge in [0.25, 0.3) is 0 Å². The van der Waals surface area contributed by atoms with Crippen LogP contribution in [0.5, 0.6) is 0 Å². The molecule has 0 aliphatic carbocycles. The second-order valence-corrected chi connectivity index (χ2v) is 3.85. The van der Waals surface area contributed by atoms with E-state index in [4.69, 9.17) is 18.9 Å². The van der Waals surface area contributed by atoms with E-state index >= 15 is 0 Å². The van der Waals surface area contributed by atoms with Gasteiger partial charge in [-0.1, -0.05) is 0 Å². The van der Waals surface area contributed by atoms with E-state index in [9.17, 15) is 0 Å². The molecule has 1 saturated heterocycles. The molecule has 0 N–H and O–H groups in total. The molecule has 0 bridgehead atoms. The predicted molar refractivity (Wildman–Crippen MR) is 51.9 cm³/mol. The lowest BCUT2D eigenvalue weighted by atomic mass is 10.4. The molecule has 1 fully saturated rings. The first-order chi connectivity index (χ1) is 6.59. The summed E-state index contributed by atoms with van der Waals surface area (Å²) in [6.07, 6.45) is -0.572. The van der Waals surface area contributed by atoms with E-state index in [-0.39, 0.29) is 12.2 Å². The van der Waals surface area contributed by atoms with Crippen molar-refractivity contribution in [3.05, 3.63) is 0 Å². The van der Waals surface area contributed by atoms with E-state index in [2.05, 4.69) is 0 Å². The molecule has 1 rings (SSSR count). The third-order valence-electron chi connectivity index (χ3n) is 1.68. The average Bonchev–Trinajstić information content (AvgIpc) is 2.06. The molecule has 1 heterocycles. The molecule has 0 amide bonds. The molecule has 1 aliphatic heterocycles. The number of hydrogen-bond acceptors (Lipinski definition) is 4. The first-order valence-corrected chi connectivity index (χ1v) is 5.13. The van der Waals surface area contributed by atoms with Crippen molar-refractivity contribution in [1.29, 1.82) is 0 Å². The number of rotatable bonds is 4. The monoisotopic (exact) mass is 204 g/mol. The second-order valence-electron chi connectivity index (χ2n) is 3.85. The first-order valence-electron chi connectivity index (χ1n) is 5.13. The van der Waals surface area contributed by atoms with Crippen LogP contribution in [0.25, 0.3) is 0 Å². The molecule has 0 aromatic heterocycles. The second kappa shape index (κ2) is 5.66. The number of hydrogen-bond donors (Lipinski definition) is 0. The molecule has 0 aromatic rings. The van der Waals surface area contributed by atoms with Crippen LogP contribution in [0, 0.1) is 0 Å². The normalized spacial score (nSPS) is 28.7. The molecule has 1 aliphatic rings.